The quantitative estimate of drug-likeness (QED) is 0.622. The Labute approximate surface area is 144 Å². The van der Waals surface area contributed by atoms with Crippen molar-refractivity contribution in [2.24, 2.45) is 0 Å². The summed E-state index contributed by atoms with van der Waals surface area (Å²) in [6.07, 6.45) is 0. The number of halogens is 1. The number of hydrogen-bond donors (Lipinski definition) is 0. The molecule has 3 rings (SSSR count). The lowest BCUT2D eigenvalue weighted by Crippen LogP contribution is -2.00. The van der Waals surface area contributed by atoms with E-state index in [1.165, 1.54) is 12.1 Å². The summed E-state index contributed by atoms with van der Waals surface area (Å²) in [7, 11) is 0. The fourth-order valence-electron chi connectivity index (χ4n) is 2.32. The molecule has 1 aromatic heterocycles. The van der Waals surface area contributed by atoms with Gasteiger partial charge in [0.15, 0.2) is 5.16 Å². The van der Waals surface area contributed by atoms with Gasteiger partial charge in [-0.1, -0.05) is 23.9 Å². The van der Waals surface area contributed by atoms with E-state index in [4.69, 9.17) is 4.74 Å². The molecule has 0 aliphatic rings. The summed E-state index contributed by atoms with van der Waals surface area (Å²) < 4.78 is 20.5. The van der Waals surface area contributed by atoms with Crippen LogP contribution < -0.4 is 4.74 Å². The van der Waals surface area contributed by atoms with Crippen LogP contribution >= 0.6 is 11.8 Å². The van der Waals surface area contributed by atoms with Gasteiger partial charge in [0, 0.05) is 11.4 Å². The number of thioether (sulfide) groups is 1. The topological polar surface area (TPSA) is 39.9 Å². The fourth-order valence-corrected chi connectivity index (χ4v) is 3.27. The molecule has 0 atom stereocenters. The maximum Gasteiger partial charge on any atom is 0.196 e. The first-order valence-electron chi connectivity index (χ1n) is 7.70. The maximum absolute atomic E-state index is 13.0. The number of nitrogens with zero attached hydrogens (tertiary/aromatic N) is 3. The van der Waals surface area contributed by atoms with Crippen LogP contribution in [0.1, 0.15) is 18.3 Å². The van der Waals surface area contributed by atoms with Gasteiger partial charge in [0.05, 0.1) is 6.61 Å². The molecule has 0 aliphatic heterocycles. The van der Waals surface area contributed by atoms with Crippen molar-refractivity contribution >= 4 is 11.8 Å². The number of hydrogen-bond acceptors (Lipinski definition) is 4. The molecule has 6 heteroatoms. The molecule has 0 saturated carbocycles. The summed E-state index contributed by atoms with van der Waals surface area (Å²) in [5.41, 5.74) is 2.03. The van der Waals surface area contributed by atoms with Crippen LogP contribution in [0.15, 0.2) is 53.7 Å². The molecule has 124 valence electrons. The Morgan fingerprint density at radius 3 is 2.42 bits per heavy atom. The molecule has 2 aromatic carbocycles. The third-order valence-electron chi connectivity index (χ3n) is 3.48. The van der Waals surface area contributed by atoms with Crippen LogP contribution in [0.25, 0.3) is 5.69 Å². The zero-order valence-electron chi connectivity index (χ0n) is 13.6. The summed E-state index contributed by atoms with van der Waals surface area (Å²) in [5, 5.41) is 9.24. The van der Waals surface area contributed by atoms with Crippen LogP contribution in [0.2, 0.25) is 0 Å². The van der Waals surface area contributed by atoms with E-state index in [9.17, 15) is 4.39 Å². The predicted molar refractivity (Wildman–Crippen MR) is 93.2 cm³/mol. The van der Waals surface area contributed by atoms with Gasteiger partial charge in [-0.15, -0.1) is 10.2 Å². The second-order valence-corrected chi connectivity index (χ2v) is 6.15. The number of ether oxygens (including phenoxy) is 1. The van der Waals surface area contributed by atoms with Gasteiger partial charge >= 0.3 is 0 Å². The highest BCUT2D eigenvalue weighted by atomic mass is 32.2. The molecule has 0 N–H and O–H groups in total. The molecular weight excluding hydrogens is 325 g/mol. The van der Waals surface area contributed by atoms with E-state index in [1.807, 2.05) is 42.7 Å². The van der Waals surface area contributed by atoms with E-state index in [2.05, 4.69) is 10.2 Å². The second-order valence-electron chi connectivity index (χ2n) is 5.21. The average Bonchev–Trinajstić information content (AvgIpc) is 2.96. The summed E-state index contributed by atoms with van der Waals surface area (Å²) in [6, 6.07) is 14.4. The van der Waals surface area contributed by atoms with Crippen molar-refractivity contribution in [3.05, 3.63) is 65.7 Å². The number of benzene rings is 2. The Hall–Kier alpha value is -2.34. The summed E-state index contributed by atoms with van der Waals surface area (Å²) >= 11 is 1.57. The van der Waals surface area contributed by atoms with Gasteiger partial charge in [0.1, 0.15) is 17.4 Å². The van der Waals surface area contributed by atoms with Crippen molar-refractivity contribution in [2.75, 3.05) is 6.61 Å². The largest absolute Gasteiger partial charge is 0.494 e. The molecule has 0 unspecified atom stereocenters. The summed E-state index contributed by atoms with van der Waals surface area (Å²) in [5.74, 6) is 2.14. The van der Waals surface area contributed by atoms with Gasteiger partial charge in [0.2, 0.25) is 0 Å². The first kappa shape index (κ1) is 16.5. The van der Waals surface area contributed by atoms with Gasteiger partial charge in [-0.05, 0) is 55.8 Å². The molecule has 0 amide bonds. The first-order chi connectivity index (χ1) is 11.7. The van der Waals surface area contributed by atoms with Crippen molar-refractivity contribution in [3.63, 3.8) is 0 Å². The number of aromatic nitrogens is 3. The third-order valence-corrected chi connectivity index (χ3v) is 4.48. The van der Waals surface area contributed by atoms with Gasteiger partial charge in [-0.25, -0.2) is 4.39 Å². The summed E-state index contributed by atoms with van der Waals surface area (Å²) in [6.45, 7) is 4.53. The second kappa shape index (κ2) is 7.49. The molecule has 24 heavy (non-hydrogen) atoms. The highest BCUT2D eigenvalue weighted by Crippen LogP contribution is 2.26. The van der Waals surface area contributed by atoms with Crippen molar-refractivity contribution in [1.29, 1.82) is 0 Å². The Bertz CT molecular complexity index is 800. The molecule has 0 fully saturated rings. The normalized spacial score (nSPS) is 10.8. The number of rotatable bonds is 6. The van der Waals surface area contributed by atoms with E-state index in [0.29, 0.717) is 12.4 Å². The minimum Gasteiger partial charge on any atom is -0.494 e. The molecular formula is C18H18FN3OS. The van der Waals surface area contributed by atoms with Gasteiger partial charge in [-0.3, -0.25) is 4.57 Å². The van der Waals surface area contributed by atoms with Gasteiger partial charge in [-0.2, -0.15) is 0 Å². The van der Waals surface area contributed by atoms with Crippen LogP contribution in [-0.4, -0.2) is 21.4 Å². The zero-order chi connectivity index (χ0) is 16.9. The minimum absolute atomic E-state index is 0.225. The van der Waals surface area contributed by atoms with Crippen LogP contribution in [-0.2, 0) is 5.75 Å². The smallest absolute Gasteiger partial charge is 0.196 e. The van der Waals surface area contributed by atoms with Crippen molar-refractivity contribution in [2.45, 2.75) is 24.8 Å². The van der Waals surface area contributed by atoms with Crippen molar-refractivity contribution < 1.29 is 9.13 Å². The van der Waals surface area contributed by atoms with Crippen LogP contribution in [0.4, 0.5) is 4.39 Å². The number of aryl methyl sites for hydroxylation is 1. The molecule has 1 heterocycles. The first-order valence-corrected chi connectivity index (χ1v) is 8.68. The van der Waals surface area contributed by atoms with Crippen LogP contribution in [0.5, 0.6) is 5.75 Å². The van der Waals surface area contributed by atoms with Crippen LogP contribution in [0, 0.1) is 12.7 Å². The highest BCUT2D eigenvalue weighted by molar-refractivity contribution is 7.98. The highest BCUT2D eigenvalue weighted by Gasteiger charge is 2.12. The molecule has 0 bridgehead atoms. The van der Waals surface area contributed by atoms with Gasteiger partial charge < -0.3 is 4.74 Å². The zero-order valence-corrected chi connectivity index (χ0v) is 14.4. The molecule has 0 aliphatic carbocycles. The average molecular weight is 343 g/mol. The lowest BCUT2D eigenvalue weighted by atomic mass is 10.2. The van der Waals surface area contributed by atoms with E-state index in [0.717, 1.165) is 28.0 Å². The van der Waals surface area contributed by atoms with Crippen molar-refractivity contribution in [3.8, 4) is 11.4 Å². The Morgan fingerprint density at radius 2 is 1.75 bits per heavy atom. The van der Waals surface area contributed by atoms with Gasteiger partial charge in [0.25, 0.3) is 0 Å². The van der Waals surface area contributed by atoms with E-state index < -0.39 is 0 Å². The Balaban J connectivity index is 1.79. The fraction of sp³-hybridized carbons (Fsp3) is 0.222. The SMILES string of the molecule is CCOc1ccc(-n2c(C)nnc2SCc2ccc(F)cc2)cc1. The third kappa shape index (κ3) is 3.76. The molecule has 4 nitrogen and oxygen atoms in total. The Morgan fingerprint density at radius 1 is 1.04 bits per heavy atom. The lowest BCUT2D eigenvalue weighted by molar-refractivity contribution is 0.340. The molecule has 0 saturated heterocycles. The predicted octanol–water partition coefficient (Wildman–Crippen LogP) is 4.41. The van der Waals surface area contributed by atoms with E-state index in [1.54, 1.807) is 23.9 Å². The summed E-state index contributed by atoms with van der Waals surface area (Å²) in [4.78, 5) is 0. The molecule has 3 aromatic rings. The maximum atomic E-state index is 13.0. The Kier molecular flexibility index (Phi) is 5.15. The van der Waals surface area contributed by atoms with Crippen molar-refractivity contribution in [1.82, 2.24) is 14.8 Å². The monoisotopic (exact) mass is 343 g/mol. The van der Waals surface area contributed by atoms with E-state index >= 15 is 0 Å². The minimum atomic E-state index is -0.225. The van der Waals surface area contributed by atoms with E-state index in [-0.39, 0.29) is 5.82 Å². The molecule has 0 spiro atoms. The standard InChI is InChI=1S/C18H18FN3OS/c1-3-23-17-10-8-16(9-11-17)22-13(2)20-21-18(22)24-12-14-4-6-15(19)7-5-14/h4-11H,3,12H2,1-2H3. The molecule has 0 radical (unpaired) electrons. The van der Waals surface area contributed by atoms with Crippen LogP contribution in [0.3, 0.4) is 0 Å². The lowest BCUT2D eigenvalue weighted by Gasteiger charge is -2.10.